The van der Waals surface area contributed by atoms with E-state index >= 15 is 0 Å². The number of nitrogens with two attached hydrogens (primary N) is 1. The number of benzene rings is 4. The van der Waals surface area contributed by atoms with Crippen LogP contribution in [0.1, 0.15) is 126 Å². The van der Waals surface area contributed by atoms with Crippen molar-refractivity contribution in [1.29, 1.82) is 0 Å². The van der Waals surface area contributed by atoms with Crippen LogP contribution in [0.3, 0.4) is 0 Å². The Kier molecular flexibility index (Phi) is 12.6. The van der Waals surface area contributed by atoms with Gasteiger partial charge in [-0.25, -0.2) is 19.9 Å². The molecular formula is C54H70N10. The van der Waals surface area contributed by atoms with Crippen LogP contribution in [0.25, 0.3) is 21.8 Å². The summed E-state index contributed by atoms with van der Waals surface area (Å²) in [5.41, 5.74) is 16.2. The summed E-state index contributed by atoms with van der Waals surface area (Å²) in [5.74, 6) is 6.68. The van der Waals surface area contributed by atoms with E-state index in [0.29, 0.717) is 23.7 Å². The van der Waals surface area contributed by atoms with Crippen molar-refractivity contribution in [2.45, 2.75) is 103 Å². The average molecular weight is 859 g/mol. The molecule has 0 amide bonds. The minimum absolute atomic E-state index is 0. The van der Waals surface area contributed by atoms with Crippen LogP contribution in [0.15, 0.2) is 84.9 Å². The largest absolute Gasteiger partial charge is 0.399 e. The van der Waals surface area contributed by atoms with Crippen LogP contribution in [-0.4, -0.2) is 86.4 Å². The van der Waals surface area contributed by atoms with E-state index in [1.165, 1.54) is 106 Å². The van der Waals surface area contributed by atoms with Gasteiger partial charge in [0.25, 0.3) is 0 Å². The van der Waals surface area contributed by atoms with E-state index in [4.69, 9.17) is 25.7 Å². The Hall–Kier alpha value is -5.64. The monoisotopic (exact) mass is 859 g/mol. The Morgan fingerprint density at radius 1 is 0.469 bits per heavy atom. The van der Waals surface area contributed by atoms with E-state index in [1.807, 2.05) is 12.1 Å². The van der Waals surface area contributed by atoms with E-state index < -0.39 is 0 Å². The molecule has 0 spiro atoms. The summed E-state index contributed by atoms with van der Waals surface area (Å²) in [5, 5.41) is 2.29. The highest BCUT2D eigenvalue weighted by atomic mass is 15.2. The molecule has 6 aliphatic rings. The highest BCUT2D eigenvalue weighted by Crippen LogP contribution is 2.44. The highest BCUT2D eigenvalue weighted by Gasteiger charge is 2.33. The first-order chi connectivity index (χ1) is 30.4. The normalized spacial score (nSPS) is 19.0. The third kappa shape index (κ3) is 8.77. The van der Waals surface area contributed by atoms with E-state index in [9.17, 15) is 0 Å². The molecule has 6 aromatic rings. The summed E-state index contributed by atoms with van der Waals surface area (Å²) in [7, 11) is 4.20. The summed E-state index contributed by atoms with van der Waals surface area (Å²) < 4.78 is 0. The Morgan fingerprint density at radius 3 is 1.33 bits per heavy atom. The van der Waals surface area contributed by atoms with Crippen molar-refractivity contribution in [2.24, 2.45) is 0 Å². The molecule has 10 nitrogen and oxygen atoms in total. The Balaban J connectivity index is 0.000000157. The molecule has 0 bridgehead atoms. The maximum Gasteiger partial charge on any atom is 0.140 e. The van der Waals surface area contributed by atoms with Gasteiger partial charge in [-0.2, -0.15) is 0 Å². The van der Waals surface area contributed by atoms with Crippen LogP contribution < -0.4 is 30.2 Å². The van der Waals surface area contributed by atoms with Gasteiger partial charge in [0, 0.05) is 112 Å². The topological polar surface area (TPSA) is 93.8 Å². The Labute approximate surface area is 381 Å². The summed E-state index contributed by atoms with van der Waals surface area (Å²) >= 11 is 0. The summed E-state index contributed by atoms with van der Waals surface area (Å²) in [6, 6.07) is 30.8. The van der Waals surface area contributed by atoms with Crippen molar-refractivity contribution in [1.82, 2.24) is 19.9 Å². The Bertz CT molecular complexity index is 2560. The number of nitrogens with zero attached hydrogens (tertiary/aromatic N) is 9. The summed E-state index contributed by atoms with van der Waals surface area (Å²) in [4.78, 5) is 32.2. The molecule has 6 heterocycles. The third-order valence-electron chi connectivity index (χ3n) is 14.5. The lowest BCUT2D eigenvalue weighted by atomic mass is 9.87. The second-order valence-corrected chi connectivity index (χ2v) is 19.1. The number of fused-ring (bicyclic) bond motifs is 2. The molecule has 0 radical (unpaired) electrons. The molecule has 2 saturated carbocycles. The quantitative estimate of drug-likeness (QED) is 0.142. The summed E-state index contributed by atoms with van der Waals surface area (Å²) in [6.45, 7) is 9.00. The van der Waals surface area contributed by atoms with Gasteiger partial charge in [-0.15, -0.1) is 0 Å². The molecule has 0 unspecified atom stereocenters. The number of para-hydroxylation sites is 2. The predicted molar refractivity (Wildman–Crippen MR) is 270 cm³/mol. The van der Waals surface area contributed by atoms with Gasteiger partial charge in [0.15, 0.2) is 0 Å². The van der Waals surface area contributed by atoms with E-state index in [2.05, 4.69) is 111 Å². The molecule has 4 saturated heterocycles. The number of hydrogen-bond acceptors (Lipinski definition) is 10. The minimum atomic E-state index is 0. The van der Waals surface area contributed by atoms with Crippen LogP contribution in [-0.2, 0) is 0 Å². The van der Waals surface area contributed by atoms with E-state index in [-0.39, 0.29) is 14.9 Å². The zero-order chi connectivity index (χ0) is 41.7. The fraction of sp³-hybridized carbons (Fsp3) is 0.481. The number of nitrogen functional groups attached to an aromatic ring is 1. The molecule has 4 aliphatic heterocycles. The molecule has 2 aromatic heterocycles. The number of piperidine rings is 2. The van der Waals surface area contributed by atoms with Gasteiger partial charge in [-0.05, 0) is 136 Å². The second kappa shape index (κ2) is 18.5. The molecule has 0 atom stereocenters. The number of aromatic nitrogens is 4. The predicted octanol–water partition coefficient (Wildman–Crippen LogP) is 11.1. The van der Waals surface area contributed by atoms with Crippen LogP contribution >= 0.6 is 0 Å². The first-order valence-electron chi connectivity index (χ1n) is 23.7. The van der Waals surface area contributed by atoms with Gasteiger partial charge in [-0.1, -0.05) is 51.3 Å². The van der Waals surface area contributed by atoms with Crippen molar-refractivity contribution < 1.29 is 0 Å². The Morgan fingerprint density at radius 2 is 0.906 bits per heavy atom. The van der Waals surface area contributed by atoms with Crippen molar-refractivity contribution in [3.63, 3.8) is 0 Å². The van der Waals surface area contributed by atoms with Gasteiger partial charge in [0.2, 0.25) is 0 Å². The van der Waals surface area contributed by atoms with Crippen molar-refractivity contribution in [3.05, 3.63) is 108 Å². The zero-order valence-electron chi connectivity index (χ0n) is 36.7. The molecule has 64 heavy (non-hydrogen) atoms. The molecule has 12 rings (SSSR count). The lowest BCUT2D eigenvalue weighted by Crippen LogP contribution is -2.39. The summed E-state index contributed by atoms with van der Waals surface area (Å²) in [6.07, 6.45) is 12.2. The smallest absolute Gasteiger partial charge is 0.140 e. The van der Waals surface area contributed by atoms with Gasteiger partial charge in [0.05, 0.1) is 11.0 Å². The highest BCUT2D eigenvalue weighted by molar-refractivity contribution is 5.93. The number of anilines is 6. The number of rotatable bonds is 9. The molecule has 2 aliphatic carbocycles. The minimum Gasteiger partial charge on any atom is -0.399 e. The van der Waals surface area contributed by atoms with Crippen LogP contribution in [0.2, 0.25) is 0 Å². The molecule has 4 aromatic carbocycles. The van der Waals surface area contributed by atoms with Crippen LogP contribution in [0.4, 0.5) is 34.4 Å². The van der Waals surface area contributed by atoms with E-state index in [0.717, 1.165) is 84.4 Å². The van der Waals surface area contributed by atoms with Gasteiger partial charge < -0.3 is 30.2 Å². The maximum absolute atomic E-state index is 6.12. The fourth-order valence-corrected chi connectivity index (χ4v) is 10.2. The van der Waals surface area contributed by atoms with Crippen molar-refractivity contribution in [3.8, 4) is 0 Å². The van der Waals surface area contributed by atoms with Gasteiger partial charge in [0.1, 0.15) is 23.3 Å². The molecular weight excluding hydrogens is 789 g/mol. The second-order valence-electron chi connectivity index (χ2n) is 19.1. The van der Waals surface area contributed by atoms with E-state index in [1.54, 1.807) is 5.56 Å². The molecule has 336 valence electrons. The third-order valence-corrected chi connectivity index (χ3v) is 14.5. The molecule has 6 fully saturated rings. The lowest BCUT2D eigenvalue weighted by molar-refractivity contribution is 0.499. The number of hydrogen-bond donors (Lipinski definition) is 1. The van der Waals surface area contributed by atoms with Crippen LogP contribution in [0, 0.1) is 0 Å². The van der Waals surface area contributed by atoms with Gasteiger partial charge in [-0.3, -0.25) is 0 Å². The van der Waals surface area contributed by atoms with Gasteiger partial charge >= 0.3 is 0 Å². The fourth-order valence-electron chi connectivity index (χ4n) is 10.2. The SMILES string of the molecule is C.C.CN(C)c1ccc2nc(C3CC3)nc(N3CCC(c4ccccc4N4CCC4)CC3)c2c1.Nc1ccc2nc(C3CC3)nc(N3CCC(c4ccccc4N4CCC4)CC3)c2c1. The lowest BCUT2D eigenvalue weighted by Gasteiger charge is -2.39. The van der Waals surface area contributed by atoms with Crippen molar-refractivity contribution >= 4 is 56.2 Å². The average Bonchev–Trinajstić information content (AvgIpc) is 4.20. The molecule has 2 N–H and O–H groups in total. The first kappa shape index (κ1) is 43.6. The standard InChI is InChI=1S/C27H33N5.C25H29N5.2CH4/c1-30(2)21-10-11-24-23(18-21)27(29-26(28-24)20-8-9-20)32-16-12-19(13-17-32)22-6-3-4-7-25(22)31-14-5-15-31;26-19-8-9-22-21(16-19)25(28-24(27-22)18-6-7-18)30-14-10-17(11-15-30)20-4-1-2-5-23(20)29-12-3-13-29;;/h3-4,6-7,10-11,18-20H,5,8-9,12-17H2,1-2H3;1-2,4-5,8-9,16-18H,3,6-7,10-15,26H2;2*1H4. The maximum atomic E-state index is 6.12. The van der Waals surface area contributed by atoms with Crippen molar-refractivity contribution in [2.75, 3.05) is 96.7 Å². The van der Waals surface area contributed by atoms with Crippen LogP contribution in [0.5, 0.6) is 0 Å². The molecule has 10 heteroatoms. The zero-order valence-corrected chi connectivity index (χ0v) is 36.7. The first-order valence-corrected chi connectivity index (χ1v) is 23.7.